The van der Waals surface area contributed by atoms with E-state index in [-0.39, 0.29) is 24.1 Å². The first-order valence-corrected chi connectivity index (χ1v) is 11.7. The number of fused-ring (bicyclic) bond motifs is 1. The number of aromatic nitrogens is 1. The first-order chi connectivity index (χ1) is 15.9. The maximum Gasteiger partial charge on any atom is 0.268 e. The Morgan fingerprint density at radius 1 is 1.18 bits per heavy atom. The number of aryl methyl sites for hydroxylation is 1. The molecule has 1 aromatic heterocycles. The van der Waals surface area contributed by atoms with E-state index in [0.717, 1.165) is 29.1 Å². The van der Waals surface area contributed by atoms with Crippen LogP contribution in [0.3, 0.4) is 0 Å². The van der Waals surface area contributed by atoms with E-state index >= 15 is 0 Å². The average Bonchev–Trinajstić information content (AvgIpc) is 3.25. The Bertz CT molecular complexity index is 1200. The van der Waals surface area contributed by atoms with Gasteiger partial charge in [-0.3, -0.25) is 19.3 Å². The fraction of sp³-hybridized carbons (Fsp3) is 0.280. The van der Waals surface area contributed by atoms with Crippen molar-refractivity contribution in [1.29, 1.82) is 0 Å². The van der Waals surface area contributed by atoms with Gasteiger partial charge in [0, 0.05) is 29.1 Å². The molecule has 0 saturated carbocycles. The molecule has 8 heteroatoms. The number of benzene rings is 2. The molecule has 2 heterocycles. The van der Waals surface area contributed by atoms with Crippen LogP contribution in [0.15, 0.2) is 47.8 Å². The Morgan fingerprint density at radius 2 is 1.94 bits per heavy atom. The van der Waals surface area contributed by atoms with Crippen LogP contribution in [0, 0.1) is 0 Å². The second kappa shape index (κ2) is 9.54. The summed E-state index contributed by atoms with van der Waals surface area (Å²) in [6, 6.07) is 12.2. The van der Waals surface area contributed by atoms with Crippen LogP contribution in [0.5, 0.6) is 5.75 Å². The average molecular weight is 464 g/mol. The maximum absolute atomic E-state index is 13.0. The standard InChI is InChI=1S/C25H25N3O4S/c1-4-5-24-27-20(14-33-24)18-8-11-23-21(12-18)28(25(31)15(2)32-23)13-22(30)17-6-9-19(10-7-17)26-16(3)29/h6-12,14-15H,4-5,13H2,1-3H3,(H,26,29). The van der Waals surface area contributed by atoms with E-state index in [1.807, 2.05) is 23.6 Å². The number of carbonyl (C=O) groups excluding carboxylic acids is 3. The Balaban J connectivity index is 1.61. The van der Waals surface area contributed by atoms with Gasteiger partial charge in [0.1, 0.15) is 5.75 Å². The summed E-state index contributed by atoms with van der Waals surface area (Å²) < 4.78 is 5.79. The highest BCUT2D eigenvalue weighted by atomic mass is 32.1. The van der Waals surface area contributed by atoms with Crippen molar-refractivity contribution < 1.29 is 19.1 Å². The maximum atomic E-state index is 13.0. The molecule has 1 unspecified atom stereocenters. The smallest absolute Gasteiger partial charge is 0.268 e. The lowest BCUT2D eigenvalue weighted by Gasteiger charge is -2.33. The van der Waals surface area contributed by atoms with E-state index in [9.17, 15) is 14.4 Å². The van der Waals surface area contributed by atoms with Gasteiger partial charge in [0.2, 0.25) is 5.91 Å². The van der Waals surface area contributed by atoms with E-state index < -0.39 is 6.10 Å². The number of hydrogen-bond acceptors (Lipinski definition) is 6. The van der Waals surface area contributed by atoms with Gasteiger partial charge in [-0.25, -0.2) is 4.98 Å². The lowest BCUT2D eigenvalue weighted by molar-refractivity contribution is -0.125. The van der Waals surface area contributed by atoms with Crippen LogP contribution in [-0.2, 0) is 16.0 Å². The van der Waals surface area contributed by atoms with Gasteiger partial charge in [0.15, 0.2) is 11.9 Å². The summed E-state index contributed by atoms with van der Waals surface area (Å²) in [5.74, 6) is -0.102. The van der Waals surface area contributed by atoms with Crippen LogP contribution in [0.25, 0.3) is 11.3 Å². The quantitative estimate of drug-likeness (QED) is 0.512. The summed E-state index contributed by atoms with van der Waals surface area (Å²) in [4.78, 5) is 43.3. The Morgan fingerprint density at radius 3 is 2.64 bits per heavy atom. The fourth-order valence-corrected chi connectivity index (χ4v) is 4.59. The summed E-state index contributed by atoms with van der Waals surface area (Å²) in [5.41, 5.74) is 3.34. The van der Waals surface area contributed by atoms with Crippen molar-refractivity contribution in [1.82, 2.24) is 4.98 Å². The fourth-order valence-electron chi connectivity index (χ4n) is 3.68. The number of rotatable bonds is 7. The molecule has 7 nitrogen and oxygen atoms in total. The van der Waals surface area contributed by atoms with Gasteiger partial charge in [0.05, 0.1) is 22.9 Å². The molecule has 2 amide bonds. The molecule has 170 valence electrons. The van der Waals surface area contributed by atoms with Gasteiger partial charge >= 0.3 is 0 Å². The third-order valence-electron chi connectivity index (χ3n) is 5.31. The first kappa shape index (κ1) is 22.7. The van der Waals surface area contributed by atoms with Crippen molar-refractivity contribution >= 4 is 40.3 Å². The molecular weight excluding hydrogens is 438 g/mol. The molecule has 0 bridgehead atoms. The summed E-state index contributed by atoms with van der Waals surface area (Å²) in [5, 5.41) is 5.75. The summed E-state index contributed by atoms with van der Waals surface area (Å²) >= 11 is 1.62. The lowest BCUT2D eigenvalue weighted by Crippen LogP contribution is -2.46. The largest absolute Gasteiger partial charge is 0.479 e. The molecule has 0 radical (unpaired) electrons. The van der Waals surface area contributed by atoms with Crippen molar-refractivity contribution in [3.05, 3.63) is 58.4 Å². The van der Waals surface area contributed by atoms with Crippen LogP contribution < -0.4 is 15.0 Å². The van der Waals surface area contributed by atoms with E-state index in [1.54, 1.807) is 42.5 Å². The van der Waals surface area contributed by atoms with E-state index in [1.165, 1.54) is 11.8 Å². The number of nitrogens with zero attached hydrogens (tertiary/aromatic N) is 2. The SMILES string of the molecule is CCCc1nc(-c2ccc3c(c2)N(CC(=O)c2ccc(NC(C)=O)cc2)C(=O)C(C)O3)cs1. The molecule has 0 aliphatic carbocycles. The summed E-state index contributed by atoms with van der Waals surface area (Å²) in [6.45, 7) is 5.11. The van der Waals surface area contributed by atoms with Gasteiger partial charge in [0.25, 0.3) is 5.91 Å². The number of carbonyl (C=O) groups is 3. The molecule has 33 heavy (non-hydrogen) atoms. The molecule has 3 aromatic rings. The number of ether oxygens (including phenoxy) is 1. The van der Waals surface area contributed by atoms with Crippen molar-refractivity contribution in [2.24, 2.45) is 0 Å². The highest BCUT2D eigenvalue weighted by molar-refractivity contribution is 7.09. The van der Waals surface area contributed by atoms with E-state index in [4.69, 9.17) is 9.72 Å². The number of anilines is 2. The number of hydrogen-bond donors (Lipinski definition) is 1. The van der Waals surface area contributed by atoms with Gasteiger partial charge < -0.3 is 10.1 Å². The van der Waals surface area contributed by atoms with Crippen LogP contribution in [0.4, 0.5) is 11.4 Å². The zero-order valence-corrected chi connectivity index (χ0v) is 19.6. The van der Waals surface area contributed by atoms with E-state index in [2.05, 4.69) is 12.2 Å². The second-order valence-electron chi connectivity index (χ2n) is 7.93. The van der Waals surface area contributed by atoms with Gasteiger partial charge in [-0.1, -0.05) is 6.92 Å². The Labute approximate surface area is 196 Å². The monoisotopic (exact) mass is 463 g/mol. The molecule has 1 N–H and O–H groups in total. The molecule has 2 aromatic carbocycles. The van der Waals surface area contributed by atoms with Crippen molar-refractivity contribution in [2.75, 3.05) is 16.8 Å². The molecule has 0 fully saturated rings. The molecule has 1 aliphatic heterocycles. The minimum Gasteiger partial charge on any atom is -0.479 e. The van der Waals surface area contributed by atoms with Crippen molar-refractivity contribution in [3.63, 3.8) is 0 Å². The van der Waals surface area contributed by atoms with E-state index in [0.29, 0.717) is 22.7 Å². The number of Topliss-reactive ketones (excluding diaryl/α,β-unsaturated/α-hetero) is 1. The third kappa shape index (κ3) is 4.96. The minimum atomic E-state index is -0.686. The van der Waals surface area contributed by atoms with Crippen LogP contribution in [-0.4, -0.2) is 35.2 Å². The number of ketones is 1. The summed E-state index contributed by atoms with van der Waals surface area (Å²) in [6.07, 6.45) is 1.27. The van der Waals surface area contributed by atoms with Crippen molar-refractivity contribution in [2.45, 2.75) is 39.7 Å². The Hall–Kier alpha value is -3.52. The number of amides is 2. The molecular formula is C25H25N3O4S. The van der Waals surface area contributed by atoms with Gasteiger partial charge in [-0.05, 0) is 62.2 Å². The van der Waals surface area contributed by atoms with Crippen molar-refractivity contribution in [3.8, 4) is 17.0 Å². The molecule has 4 rings (SSSR count). The van der Waals surface area contributed by atoms with Gasteiger partial charge in [-0.2, -0.15) is 0 Å². The van der Waals surface area contributed by atoms with Crippen LogP contribution >= 0.6 is 11.3 Å². The zero-order valence-electron chi connectivity index (χ0n) is 18.8. The highest BCUT2D eigenvalue weighted by Crippen LogP contribution is 2.38. The Kier molecular flexibility index (Phi) is 6.55. The minimum absolute atomic E-state index is 0.110. The lowest BCUT2D eigenvalue weighted by atomic mass is 10.1. The molecule has 0 spiro atoms. The first-order valence-electron chi connectivity index (χ1n) is 10.8. The third-order valence-corrected chi connectivity index (χ3v) is 6.22. The zero-order chi connectivity index (χ0) is 23.5. The second-order valence-corrected chi connectivity index (χ2v) is 8.87. The highest BCUT2D eigenvalue weighted by Gasteiger charge is 2.33. The number of nitrogens with one attached hydrogen (secondary N) is 1. The van der Waals surface area contributed by atoms with Crippen LogP contribution in [0.2, 0.25) is 0 Å². The predicted molar refractivity (Wildman–Crippen MR) is 129 cm³/mol. The molecule has 1 aliphatic rings. The normalized spacial score (nSPS) is 15.1. The van der Waals surface area contributed by atoms with Gasteiger partial charge in [-0.15, -0.1) is 11.3 Å². The number of thiazole rings is 1. The summed E-state index contributed by atoms with van der Waals surface area (Å²) in [7, 11) is 0. The van der Waals surface area contributed by atoms with Crippen LogP contribution in [0.1, 0.15) is 42.6 Å². The molecule has 0 saturated heterocycles. The predicted octanol–water partition coefficient (Wildman–Crippen LogP) is 4.72. The topological polar surface area (TPSA) is 88.6 Å². The molecule has 1 atom stereocenters.